The number of alkyl halides is 3. The van der Waals surface area contributed by atoms with E-state index in [1.165, 1.54) is 9.80 Å². The molecular weight excluding hydrogens is 391 g/mol. The molecule has 1 aromatic heterocycles. The summed E-state index contributed by atoms with van der Waals surface area (Å²) < 4.78 is 45.6. The molecule has 2 aliphatic heterocycles. The Morgan fingerprint density at radius 1 is 1.17 bits per heavy atom. The molecule has 2 aliphatic rings. The number of morpholine rings is 1. The summed E-state index contributed by atoms with van der Waals surface area (Å²) in [6.45, 7) is -0.355. The van der Waals surface area contributed by atoms with Crippen LogP contribution in [0.3, 0.4) is 0 Å². The molecule has 0 spiro atoms. The normalized spacial score (nSPS) is 22.6. The Labute approximate surface area is 163 Å². The van der Waals surface area contributed by atoms with Gasteiger partial charge in [-0.1, -0.05) is 30.3 Å². The van der Waals surface area contributed by atoms with Gasteiger partial charge in [-0.05, 0) is 5.56 Å². The second-order valence-electron chi connectivity index (χ2n) is 6.94. The number of likely N-dealkylation sites (N-methyl/N-ethyl adjacent to an activating group) is 1. The number of rotatable bonds is 2. The molecule has 2 aromatic rings. The van der Waals surface area contributed by atoms with E-state index in [2.05, 4.69) is 10.2 Å². The zero-order chi connectivity index (χ0) is 20.8. The molecule has 3 heterocycles. The van der Waals surface area contributed by atoms with E-state index in [1.807, 2.05) is 6.07 Å². The lowest BCUT2D eigenvalue weighted by Crippen LogP contribution is -2.54. The van der Waals surface area contributed by atoms with Gasteiger partial charge in [-0.2, -0.15) is 13.2 Å². The largest absolute Gasteiger partial charge is 0.451 e. The molecule has 0 bridgehead atoms. The summed E-state index contributed by atoms with van der Waals surface area (Å²) in [7, 11) is 1.60. The average molecular weight is 409 g/mol. The Morgan fingerprint density at radius 2 is 1.90 bits per heavy atom. The molecule has 0 radical (unpaired) electrons. The van der Waals surface area contributed by atoms with Crippen molar-refractivity contribution in [2.75, 3.05) is 20.2 Å². The van der Waals surface area contributed by atoms with E-state index in [1.54, 1.807) is 31.3 Å². The maximum atomic E-state index is 13.2. The van der Waals surface area contributed by atoms with Crippen molar-refractivity contribution in [2.24, 2.45) is 0 Å². The first-order valence-corrected chi connectivity index (χ1v) is 8.97. The van der Waals surface area contributed by atoms with Crippen molar-refractivity contribution < 1.29 is 27.5 Å². The van der Waals surface area contributed by atoms with Crippen LogP contribution in [0.25, 0.3) is 0 Å². The molecule has 11 heteroatoms. The summed E-state index contributed by atoms with van der Waals surface area (Å²) in [4.78, 5) is 28.2. The summed E-state index contributed by atoms with van der Waals surface area (Å²) in [5.74, 6) is -1.66. The lowest BCUT2D eigenvalue weighted by Gasteiger charge is -2.40. The minimum absolute atomic E-state index is 0.0615. The first kappa shape index (κ1) is 19.4. The van der Waals surface area contributed by atoms with E-state index >= 15 is 0 Å². The standard InChI is InChI=1S/C18H18F3N5O3/c1-24-13(27)10-29-15(14(24)11-5-3-2-4-6-11)16(28)25-7-8-26-12(9-25)22-23-17(26)18(19,20)21/h2-6,14-15H,7-10H2,1H3. The van der Waals surface area contributed by atoms with Crippen LogP contribution in [0, 0.1) is 0 Å². The predicted octanol–water partition coefficient (Wildman–Crippen LogP) is 1.24. The zero-order valence-electron chi connectivity index (χ0n) is 15.5. The highest BCUT2D eigenvalue weighted by Gasteiger charge is 2.44. The van der Waals surface area contributed by atoms with Gasteiger partial charge in [0.1, 0.15) is 6.61 Å². The van der Waals surface area contributed by atoms with Crippen molar-refractivity contribution in [2.45, 2.75) is 31.4 Å². The lowest BCUT2D eigenvalue weighted by molar-refractivity contribution is -0.168. The maximum absolute atomic E-state index is 13.2. The summed E-state index contributed by atoms with van der Waals surface area (Å²) in [6.07, 6.45) is -5.57. The molecular formula is C18H18F3N5O3. The molecule has 2 unspecified atom stereocenters. The molecule has 2 amide bonds. The molecule has 154 valence electrons. The van der Waals surface area contributed by atoms with Crippen LogP contribution in [0.4, 0.5) is 13.2 Å². The average Bonchev–Trinajstić information content (AvgIpc) is 3.13. The highest BCUT2D eigenvalue weighted by molar-refractivity contribution is 5.86. The number of carbonyl (C=O) groups is 2. The summed E-state index contributed by atoms with van der Waals surface area (Å²) in [5, 5.41) is 6.82. The molecule has 4 rings (SSSR count). The number of aromatic nitrogens is 3. The predicted molar refractivity (Wildman–Crippen MR) is 92.1 cm³/mol. The number of halogens is 3. The van der Waals surface area contributed by atoms with Gasteiger partial charge in [-0.15, -0.1) is 10.2 Å². The van der Waals surface area contributed by atoms with E-state index < -0.39 is 30.1 Å². The highest BCUT2D eigenvalue weighted by atomic mass is 19.4. The van der Waals surface area contributed by atoms with Gasteiger partial charge in [0.2, 0.25) is 11.7 Å². The van der Waals surface area contributed by atoms with Crippen molar-refractivity contribution in [3.63, 3.8) is 0 Å². The topological polar surface area (TPSA) is 80.6 Å². The Bertz CT molecular complexity index is 931. The summed E-state index contributed by atoms with van der Waals surface area (Å²) >= 11 is 0. The first-order valence-electron chi connectivity index (χ1n) is 8.97. The maximum Gasteiger partial charge on any atom is 0.451 e. The van der Waals surface area contributed by atoms with Crippen LogP contribution >= 0.6 is 0 Å². The van der Waals surface area contributed by atoms with Gasteiger partial charge in [0.15, 0.2) is 11.9 Å². The third-order valence-electron chi connectivity index (χ3n) is 5.19. The number of hydrogen-bond donors (Lipinski definition) is 0. The molecule has 0 saturated carbocycles. The minimum atomic E-state index is -4.61. The van der Waals surface area contributed by atoms with Crippen molar-refractivity contribution >= 4 is 11.8 Å². The number of nitrogens with zero attached hydrogens (tertiary/aromatic N) is 5. The molecule has 0 aliphatic carbocycles. The van der Waals surface area contributed by atoms with Crippen LogP contribution in [0.5, 0.6) is 0 Å². The smallest absolute Gasteiger partial charge is 0.356 e. The van der Waals surface area contributed by atoms with Gasteiger partial charge in [0, 0.05) is 20.1 Å². The van der Waals surface area contributed by atoms with E-state index in [4.69, 9.17) is 4.74 Å². The third kappa shape index (κ3) is 3.46. The SMILES string of the molecule is CN1C(=O)COC(C(=O)N2CCn3c(nnc3C(F)(F)F)C2)C1c1ccccc1. The Kier molecular flexibility index (Phi) is 4.77. The van der Waals surface area contributed by atoms with Crippen molar-refractivity contribution in [1.29, 1.82) is 0 Å². The van der Waals surface area contributed by atoms with Crippen molar-refractivity contribution in [3.8, 4) is 0 Å². The van der Waals surface area contributed by atoms with Gasteiger partial charge in [0.05, 0.1) is 12.6 Å². The Balaban J connectivity index is 1.58. The van der Waals surface area contributed by atoms with Gasteiger partial charge in [0.25, 0.3) is 5.91 Å². The van der Waals surface area contributed by atoms with Crippen LogP contribution in [0.2, 0.25) is 0 Å². The fourth-order valence-electron chi connectivity index (χ4n) is 3.70. The number of amides is 2. The molecule has 1 aromatic carbocycles. The highest BCUT2D eigenvalue weighted by Crippen LogP contribution is 2.32. The van der Waals surface area contributed by atoms with Crippen molar-refractivity contribution in [1.82, 2.24) is 24.6 Å². The second-order valence-corrected chi connectivity index (χ2v) is 6.94. The number of benzene rings is 1. The summed E-state index contributed by atoms with van der Waals surface area (Å²) in [5.41, 5.74) is 0.737. The van der Waals surface area contributed by atoms with E-state index in [0.717, 1.165) is 10.1 Å². The van der Waals surface area contributed by atoms with Gasteiger partial charge in [-0.25, -0.2) is 0 Å². The fraction of sp³-hybridized carbons (Fsp3) is 0.444. The monoisotopic (exact) mass is 409 g/mol. The number of ether oxygens (including phenoxy) is 1. The zero-order valence-corrected chi connectivity index (χ0v) is 15.5. The van der Waals surface area contributed by atoms with Gasteiger partial charge in [-0.3, -0.25) is 9.59 Å². The first-order chi connectivity index (χ1) is 13.8. The van der Waals surface area contributed by atoms with E-state index in [9.17, 15) is 22.8 Å². The molecule has 2 atom stereocenters. The fourth-order valence-corrected chi connectivity index (χ4v) is 3.70. The molecule has 0 N–H and O–H groups in total. The lowest BCUT2D eigenvalue weighted by atomic mass is 9.97. The number of carbonyl (C=O) groups excluding carboxylic acids is 2. The van der Waals surface area contributed by atoms with Gasteiger partial charge >= 0.3 is 6.18 Å². The van der Waals surface area contributed by atoms with Crippen molar-refractivity contribution in [3.05, 3.63) is 47.5 Å². The molecule has 29 heavy (non-hydrogen) atoms. The quantitative estimate of drug-likeness (QED) is 0.746. The van der Waals surface area contributed by atoms with Crippen LogP contribution in [0.1, 0.15) is 23.3 Å². The van der Waals surface area contributed by atoms with Crippen LogP contribution in [-0.2, 0) is 33.6 Å². The number of hydrogen-bond acceptors (Lipinski definition) is 5. The van der Waals surface area contributed by atoms with E-state index in [-0.39, 0.29) is 38.0 Å². The van der Waals surface area contributed by atoms with Crippen LogP contribution < -0.4 is 0 Å². The second kappa shape index (κ2) is 7.14. The summed E-state index contributed by atoms with van der Waals surface area (Å²) in [6, 6.07) is 8.38. The number of fused-ring (bicyclic) bond motifs is 1. The van der Waals surface area contributed by atoms with Gasteiger partial charge < -0.3 is 19.1 Å². The van der Waals surface area contributed by atoms with Crippen LogP contribution in [-0.4, -0.2) is 62.7 Å². The minimum Gasteiger partial charge on any atom is -0.356 e. The van der Waals surface area contributed by atoms with E-state index in [0.29, 0.717) is 0 Å². The van der Waals surface area contributed by atoms with Crippen LogP contribution in [0.15, 0.2) is 30.3 Å². The molecule has 1 fully saturated rings. The molecule has 8 nitrogen and oxygen atoms in total. The molecule has 1 saturated heterocycles. The third-order valence-corrected chi connectivity index (χ3v) is 5.19. The Morgan fingerprint density at radius 3 is 2.59 bits per heavy atom. The Hall–Kier alpha value is -2.95.